The van der Waals surface area contributed by atoms with Crippen LogP contribution in [0.15, 0.2) is 108 Å². The maximum atomic E-state index is 14.0. The highest BCUT2D eigenvalue weighted by Crippen LogP contribution is 2.43. The lowest BCUT2D eigenvalue weighted by molar-refractivity contribution is -0.114. The number of carbonyl (C=O) groups is 2. The first-order valence-corrected chi connectivity index (χ1v) is 12.2. The lowest BCUT2D eigenvalue weighted by Gasteiger charge is -2.43. The minimum Gasteiger partial charge on any atom is -0.497 e. The first kappa shape index (κ1) is 24.1. The van der Waals surface area contributed by atoms with Gasteiger partial charge in [0.1, 0.15) is 11.5 Å². The predicted molar refractivity (Wildman–Crippen MR) is 145 cm³/mol. The molecule has 5 rings (SSSR count). The fourth-order valence-corrected chi connectivity index (χ4v) is 4.88. The Labute approximate surface area is 216 Å². The quantitative estimate of drug-likeness (QED) is 0.288. The number of rotatable bonds is 6. The van der Waals surface area contributed by atoms with Crippen LogP contribution in [0.25, 0.3) is 6.08 Å². The fraction of sp³-hybridized carbons (Fsp3) is 0.161. The zero-order valence-corrected chi connectivity index (χ0v) is 20.8. The van der Waals surface area contributed by atoms with Crippen molar-refractivity contribution in [3.8, 4) is 5.75 Å². The van der Waals surface area contributed by atoms with E-state index in [9.17, 15) is 9.59 Å². The van der Waals surface area contributed by atoms with Gasteiger partial charge in [0.2, 0.25) is 0 Å². The number of fused-ring (bicyclic) bond motifs is 1. The van der Waals surface area contributed by atoms with Gasteiger partial charge in [-0.25, -0.2) is 0 Å². The molecule has 6 heteroatoms. The Hall–Kier alpha value is -4.58. The highest BCUT2D eigenvalue weighted by atomic mass is 16.5. The van der Waals surface area contributed by atoms with E-state index < -0.39 is 0 Å². The van der Waals surface area contributed by atoms with E-state index in [1.165, 1.54) is 6.08 Å². The third-order valence-electron chi connectivity index (χ3n) is 6.63. The van der Waals surface area contributed by atoms with Crippen LogP contribution in [0.4, 0.5) is 11.4 Å². The SMILES string of the molecule is COc1ccc(C(=O)N(c2ccccc2)[C@@H]2C[C@@H](C)N(C(=O)/C=C/c3ccco3)c3ccccc32)cc1. The second-order valence-electron chi connectivity index (χ2n) is 8.96. The molecule has 1 aliphatic heterocycles. The molecule has 1 aromatic heterocycles. The molecular weight excluding hydrogens is 464 g/mol. The van der Waals surface area contributed by atoms with Crippen molar-refractivity contribution in [3.63, 3.8) is 0 Å². The summed E-state index contributed by atoms with van der Waals surface area (Å²) in [6.07, 6.45) is 5.36. The van der Waals surface area contributed by atoms with E-state index >= 15 is 0 Å². The van der Waals surface area contributed by atoms with Crippen LogP contribution in [-0.4, -0.2) is 25.0 Å². The highest BCUT2D eigenvalue weighted by Gasteiger charge is 2.38. The topological polar surface area (TPSA) is 63.0 Å². The summed E-state index contributed by atoms with van der Waals surface area (Å²) in [6.45, 7) is 2.02. The minimum atomic E-state index is -0.263. The Balaban J connectivity index is 1.54. The Kier molecular flexibility index (Phi) is 6.90. The summed E-state index contributed by atoms with van der Waals surface area (Å²) in [7, 11) is 1.60. The second-order valence-corrected chi connectivity index (χ2v) is 8.96. The molecule has 2 amide bonds. The van der Waals surface area contributed by atoms with Crippen LogP contribution in [0.1, 0.15) is 41.1 Å². The van der Waals surface area contributed by atoms with Gasteiger partial charge >= 0.3 is 0 Å². The maximum Gasteiger partial charge on any atom is 0.258 e. The van der Waals surface area contributed by atoms with Crippen molar-refractivity contribution in [2.75, 3.05) is 16.9 Å². The van der Waals surface area contributed by atoms with Crippen LogP contribution in [0.2, 0.25) is 0 Å². The summed E-state index contributed by atoms with van der Waals surface area (Å²) in [6, 6.07) is 27.8. The maximum absolute atomic E-state index is 14.0. The van der Waals surface area contributed by atoms with Gasteiger partial charge in [-0.15, -0.1) is 0 Å². The molecule has 37 heavy (non-hydrogen) atoms. The van der Waals surface area contributed by atoms with Crippen LogP contribution in [0, 0.1) is 0 Å². The average molecular weight is 493 g/mol. The summed E-state index contributed by atoms with van der Waals surface area (Å²) >= 11 is 0. The normalized spacial score (nSPS) is 16.9. The van der Waals surface area contributed by atoms with Gasteiger partial charge in [-0.05, 0) is 79.6 Å². The molecule has 0 fully saturated rings. The standard InChI is InChI=1S/C31H28N2O4/c1-22-21-29(27-12-6-7-13-28(27)32(22)30(34)19-18-26-11-8-20-37-26)33(24-9-4-3-5-10-24)31(35)23-14-16-25(36-2)17-15-23/h3-20,22,29H,21H2,1-2H3/b19-18+/t22-,29-/m1/s1. The number of hydrogen-bond acceptors (Lipinski definition) is 4. The smallest absolute Gasteiger partial charge is 0.258 e. The van der Waals surface area contributed by atoms with Gasteiger partial charge in [-0.2, -0.15) is 0 Å². The monoisotopic (exact) mass is 492 g/mol. The van der Waals surface area contributed by atoms with Gasteiger partial charge in [-0.1, -0.05) is 36.4 Å². The van der Waals surface area contributed by atoms with Gasteiger partial charge in [0, 0.05) is 29.1 Å². The summed E-state index contributed by atoms with van der Waals surface area (Å²) in [5.41, 5.74) is 3.08. The van der Waals surface area contributed by atoms with E-state index in [4.69, 9.17) is 9.15 Å². The van der Waals surface area contributed by atoms with E-state index in [0.29, 0.717) is 23.5 Å². The molecule has 2 heterocycles. The summed E-state index contributed by atoms with van der Waals surface area (Å²) < 4.78 is 10.6. The molecule has 2 atom stereocenters. The molecule has 6 nitrogen and oxygen atoms in total. The number of amides is 2. The van der Waals surface area contributed by atoms with Gasteiger partial charge in [0.05, 0.1) is 19.4 Å². The van der Waals surface area contributed by atoms with Gasteiger partial charge in [0.15, 0.2) is 0 Å². The van der Waals surface area contributed by atoms with Crippen molar-refractivity contribution in [1.29, 1.82) is 0 Å². The molecule has 0 spiro atoms. The average Bonchev–Trinajstić information content (AvgIpc) is 3.46. The van der Waals surface area contributed by atoms with Crippen LogP contribution in [-0.2, 0) is 4.79 Å². The Morgan fingerprint density at radius 3 is 2.38 bits per heavy atom. The Bertz CT molecular complexity index is 1390. The van der Waals surface area contributed by atoms with Crippen molar-refractivity contribution in [1.82, 2.24) is 0 Å². The first-order chi connectivity index (χ1) is 18.1. The van der Waals surface area contributed by atoms with Crippen molar-refractivity contribution >= 4 is 29.3 Å². The van der Waals surface area contributed by atoms with E-state index in [-0.39, 0.29) is 23.9 Å². The molecule has 0 N–H and O–H groups in total. The highest BCUT2D eigenvalue weighted by molar-refractivity contribution is 6.08. The molecule has 1 aliphatic rings. The number of anilines is 2. The van der Waals surface area contributed by atoms with Crippen molar-refractivity contribution in [3.05, 3.63) is 120 Å². The molecular formula is C31H28N2O4. The number of methoxy groups -OCH3 is 1. The predicted octanol–water partition coefficient (Wildman–Crippen LogP) is 6.51. The van der Waals surface area contributed by atoms with Crippen LogP contribution < -0.4 is 14.5 Å². The molecule has 3 aromatic carbocycles. The largest absolute Gasteiger partial charge is 0.497 e. The van der Waals surface area contributed by atoms with Gasteiger partial charge in [0.25, 0.3) is 11.8 Å². The van der Waals surface area contributed by atoms with Crippen molar-refractivity contribution in [2.24, 2.45) is 0 Å². The minimum absolute atomic E-state index is 0.113. The Morgan fingerprint density at radius 1 is 0.946 bits per heavy atom. The molecule has 0 unspecified atom stereocenters. The first-order valence-electron chi connectivity index (χ1n) is 12.2. The summed E-state index contributed by atoms with van der Waals surface area (Å²) in [5, 5.41) is 0. The molecule has 0 saturated carbocycles. The fourth-order valence-electron chi connectivity index (χ4n) is 4.88. The second kappa shape index (κ2) is 10.6. The number of para-hydroxylation sites is 2. The zero-order valence-electron chi connectivity index (χ0n) is 20.8. The van der Waals surface area contributed by atoms with Crippen molar-refractivity contribution in [2.45, 2.75) is 25.4 Å². The van der Waals surface area contributed by atoms with E-state index in [1.807, 2.05) is 66.4 Å². The number of benzene rings is 3. The third-order valence-corrected chi connectivity index (χ3v) is 6.63. The lowest BCUT2D eigenvalue weighted by Crippen LogP contribution is -2.47. The molecule has 0 saturated heterocycles. The van der Waals surface area contributed by atoms with Crippen LogP contribution in [0.3, 0.4) is 0 Å². The molecule has 0 aliphatic carbocycles. The zero-order chi connectivity index (χ0) is 25.8. The molecule has 186 valence electrons. The third kappa shape index (κ3) is 4.91. The van der Waals surface area contributed by atoms with E-state index in [0.717, 1.165) is 16.9 Å². The number of hydrogen-bond donors (Lipinski definition) is 0. The van der Waals surface area contributed by atoms with Gasteiger partial charge < -0.3 is 19.0 Å². The van der Waals surface area contributed by atoms with Gasteiger partial charge in [-0.3, -0.25) is 9.59 Å². The number of ether oxygens (including phenoxy) is 1. The number of carbonyl (C=O) groups excluding carboxylic acids is 2. The molecule has 0 radical (unpaired) electrons. The van der Waals surface area contributed by atoms with Crippen molar-refractivity contribution < 1.29 is 18.7 Å². The van der Waals surface area contributed by atoms with E-state index in [1.54, 1.807) is 60.7 Å². The number of furan rings is 1. The Morgan fingerprint density at radius 2 is 1.68 bits per heavy atom. The molecule has 0 bridgehead atoms. The van der Waals surface area contributed by atoms with E-state index in [2.05, 4.69) is 0 Å². The lowest BCUT2D eigenvalue weighted by atomic mass is 9.89. The van der Waals surface area contributed by atoms with Crippen LogP contribution in [0.5, 0.6) is 5.75 Å². The summed E-state index contributed by atoms with van der Waals surface area (Å²) in [5.74, 6) is 1.06. The molecule has 4 aromatic rings. The number of nitrogens with zero attached hydrogens (tertiary/aromatic N) is 2. The summed E-state index contributed by atoms with van der Waals surface area (Å²) in [4.78, 5) is 31.0. The van der Waals surface area contributed by atoms with Crippen LogP contribution >= 0.6 is 0 Å².